The van der Waals surface area contributed by atoms with E-state index in [2.05, 4.69) is 28.2 Å². The summed E-state index contributed by atoms with van der Waals surface area (Å²) in [6, 6.07) is 11.5. The van der Waals surface area contributed by atoms with Gasteiger partial charge in [-0.2, -0.15) is 0 Å². The van der Waals surface area contributed by atoms with Crippen LogP contribution in [0.5, 0.6) is 5.75 Å². The van der Waals surface area contributed by atoms with Crippen molar-refractivity contribution in [2.75, 3.05) is 11.9 Å². The average molecular weight is 404 g/mol. The van der Waals surface area contributed by atoms with Gasteiger partial charge in [0.1, 0.15) is 5.75 Å². The van der Waals surface area contributed by atoms with Gasteiger partial charge >= 0.3 is 0 Å². The Morgan fingerprint density at radius 3 is 2.48 bits per heavy atom. The van der Waals surface area contributed by atoms with E-state index >= 15 is 0 Å². The number of anilines is 1. The molecule has 2 aromatic rings. The summed E-state index contributed by atoms with van der Waals surface area (Å²) in [5.74, 6) is 0.477. The predicted molar refractivity (Wildman–Crippen MR) is 108 cm³/mol. The summed E-state index contributed by atoms with van der Waals surface area (Å²) in [4.78, 5) is 12.8. The number of nitrogens with one attached hydrogen (secondary N) is 1. The number of halogens is 1. The maximum atomic E-state index is 12.8. The number of ether oxygens (including phenoxy) is 1. The number of para-hydroxylation sites is 1. The van der Waals surface area contributed by atoms with Gasteiger partial charge in [-0.3, -0.25) is 4.79 Å². The minimum atomic E-state index is -0.151. The van der Waals surface area contributed by atoms with Gasteiger partial charge in [0, 0.05) is 10.2 Å². The van der Waals surface area contributed by atoms with E-state index in [0.29, 0.717) is 17.9 Å². The van der Waals surface area contributed by atoms with E-state index in [9.17, 15) is 4.79 Å². The Labute approximate surface area is 158 Å². The van der Waals surface area contributed by atoms with Crippen LogP contribution in [0.15, 0.2) is 40.9 Å². The second kappa shape index (κ2) is 9.62. The monoisotopic (exact) mass is 403 g/mol. The van der Waals surface area contributed by atoms with Crippen LogP contribution >= 0.6 is 15.9 Å². The fraction of sp³-hybridized carbons (Fsp3) is 0.381. The molecule has 0 saturated heterocycles. The van der Waals surface area contributed by atoms with Crippen LogP contribution in [0.25, 0.3) is 0 Å². The van der Waals surface area contributed by atoms with Crippen molar-refractivity contribution < 1.29 is 9.53 Å². The third-order valence-electron chi connectivity index (χ3n) is 4.16. The Morgan fingerprint density at radius 1 is 1.08 bits per heavy atom. The summed E-state index contributed by atoms with van der Waals surface area (Å²) >= 11 is 3.45. The molecule has 1 N–H and O–H groups in total. The van der Waals surface area contributed by atoms with Crippen LogP contribution < -0.4 is 10.1 Å². The molecule has 0 saturated carbocycles. The molecular formula is C21H26BrNO2. The number of carbonyl (C=O) groups excluding carboxylic acids is 1. The quantitative estimate of drug-likeness (QED) is 0.526. The van der Waals surface area contributed by atoms with Gasteiger partial charge in [0.2, 0.25) is 0 Å². The molecule has 2 rings (SSSR count). The van der Waals surface area contributed by atoms with Crippen molar-refractivity contribution in [3.8, 4) is 5.75 Å². The SMILES string of the molecule is CCCCCCOc1ccc(Br)cc1C(=O)Nc1c(C)cccc1C. The van der Waals surface area contributed by atoms with E-state index in [1.807, 2.05) is 50.2 Å². The van der Waals surface area contributed by atoms with E-state index in [1.165, 1.54) is 12.8 Å². The van der Waals surface area contributed by atoms with Gasteiger partial charge in [0.25, 0.3) is 5.91 Å². The highest BCUT2D eigenvalue weighted by Crippen LogP contribution is 2.26. The lowest BCUT2D eigenvalue weighted by atomic mass is 10.1. The van der Waals surface area contributed by atoms with Gasteiger partial charge in [-0.25, -0.2) is 0 Å². The third-order valence-corrected chi connectivity index (χ3v) is 4.65. The van der Waals surface area contributed by atoms with Gasteiger partial charge < -0.3 is 10.1 Å². The molecule has 1 amide bonds. The number of aryl methyl sites for hydroxylation is 2. The normalized spacial score (nSPS) is 10.6. The maximum Gasteiger partial charge on any atom is 0.259 e. The van der Waals surface area contributed by atoms with E-state index in [4.69, 9.17) is 4.74 Å². The Balaban J connectivity index is 2.13. The van der Waals surface area contributed by atoms with E-state index in [-0.39, 0.29) is 5.91 Å². The molecule has 0 heterocycles. The Morgan fingerprint density at radius 2 is 1.80 bits per heavy atom. The number of unbranched alkanes of at least 4 members (excludes halogenated alkanes) is 3. The van der Waals surface area contributed by atoms with Crippen LogP contribution in [0.1, 0.15) is 54.1 Å². The lowest BCUT2D eigenvalue weighted by Crippen LogP contribution is -2.15. The highest BCUT2D eigenvalue weighted by atomic mass is 79.9. The molecule has 25 heavy (non-hydrogen) atoms. The first-order valence-electron chi connectivity index (χ1n) is 8.83. The standard InChI is InChI=1S/C21H26BrNO2/c1-4-5-6-7-13-25-19-12-11-17(22)14-18(19)21(24)23-20-15(2)9-8-10-16(20)3/h8-12,14H,4-7,13H2,1-3H3,(H,23,24). The van der Waals surface area contributed by atoms with E-state index < -0.39 is 0 Å². The summed E-state index contributed by atoms with van der Waals surface area (Å²) in [5.41, 5.74) is 3.50. The van der Waals surface area contributed by atoms with Crippen molar-refractivity contribution in [3.63, 3.8) is 0 Å². The van der Waals surface area contributed by atoms with Crippen molar-refractivity contribution >= 4 is 27.5 Å². The van der Waals surface area contributed by atoms with Crippen molar-refractivity contribution in [2.24, 2.45) is 0 Å². The molecule has 0 aliphatic carbocycles. The first kappa shape index (κ1) is 19.5. The average Bonchev–Trinajstić information content (AvgIpc) is 2.59. The molecule has 0 aromatic heterocycles. The topological polar surface area (TPSA) is 38.3 Å². The highest BCUT2D eigenvalue weighted by molar-refractivity contribution is 9.10. The molecular weight excluding hydrogens is 378 g/mol. The summed E-state index contributed by atoms with van der Waals surface area (Å²) in [6.07, 6.45) is 4.56. The molecule has 0 fully saturated rings. The van der Waals surface area contributed by atoms with Crippen molar-refractivity contribution in [3.05, 3.63) is 57.6 Å². The molecule has 0 radical (unpaired) electrons. The Bertz CT molecular complexity index is 708. The van der Waals surface area contributed by atoms with Crippen molar-refractivity contribution in [1.29, 1.82) is 0 Å². The van der Waals surface area contributed by atoms with Gasteiger partial charge in [-0.1, -0.05) is 60.3 Å². The maximum absolute atomic E-state index is 12.8. The van der Waals surface area contributed by atoms with Gasteiger partial charge in [0.15, 0.2) is 0 Å². The smallest absolute Gasteiger partial charge is 0.259 e. The number of hydrogen-bond acceptors (Lipinski definition) is 2. The molecule has 0 atom stereocenters. The van der Waals surface area contributed by atoms with E-state index in [0.717, 1.165) is 34.1 Å². The van der Waals surface area contributed by atoms with Crippen LogP contribution in [-0.4, -0.2) is 12.5 Å². The number of carbonyl (C=O) groups is 1. The van der Waals surface area contributed by atoms with Crippen LogP contribution in [0.2, 0.25) is 0 Å². The molecule has 3 nitrogen and oxygen atoms in total. The number of rotatable bonds is 8. The third kappa shape index (κ3) is 5.60. The van der Waals surface area contributed by atoms with Crippen LogP contribution in [0.3, 0.4) is 0 Å². The van der Waals surface area contributed by atoms with Crippen LogP contribution in [0.4, 0.5) is 5.69 Å². The molecule has 0 spiro atoms. The van der Waals surface area contributed by atoms with Gasteiger partial charge in [-0.05, 0) is 49.6 Å². The second-order valence-corrected chi connectivity index (χ2v) is 7.19. The summed E-state index contributed by atoms with van der Waals surface area (Å²) in [7, 11) is 0. The Hall–Kier alpha value is -1.81. The summed E-state index contributed by atoms with van der Waals surface area (Å²) in [5, 5.41) is 3.03. The lowest BCUT2D eigenvalue weighted by Gasteiger charge is -2.15. The van der Waals surface area contributed by atoms with Crippen LogP contribution in [-0.2, 0) is 0 Å². The number of benzene rings is 2. The largest absolute Gasteiger partial charge is 0.493 e. The molecule has 4 heteroatoms. The molecule has 2 aromatic carbocycles. The van der Waals surface area contributed by atoms with Gasteiger partial charge in [-0.15, -0.1) is 0 Å². The molecule has 0 aliphatic rings. The summed E-state index contributed by atoms with van der Waals surface area (Å²) in [6.45, 7) is 6.81. The van der Waals surface area contributed by atoms with Crippen LogP contribution in [0, 0.1) is 13.8 Å². The summed E-state index contributed by atoms with van der Waals surface area (Å²) < 4.78 is 6.74. The van der Waals surface area contributed by atoms with Crippen molar-refractivity contribution in [1.82, 2.24) is 0 Å². The fourth-order valence-electron chi connectivity index (χ4n) is 2.71. The number of amides is 1. The lowest BCUT2D eigenvalue weighted by molar-refractivity contribution is 0.102. The highest BCUT2D eigenvalue weighted by Gasteiger charge is 2.15. The minimum Gasteiger partial charge on any atom is -0.493 e. The fourth-order valence-corrected chi connectivity index (χ4v) is 3.07. The molecule has 134 valence electrons. The second-order valence-electron chi connectivity index (χ2n) is 6.27. The molecule has 0 aliphatic heterocycles. The van der Waals surface area contributed by atoms with Crippen molar-refractivity contribution in [2.45, 2.75) is 46.5 Å². The molecule has 0 unspecified atom stereocenters. The van der Waals surface area contributed by atoms with E-state index in [1.54, 1.807) is 0 Å². The van der Waals surface area contributed by atoms with Gasteiger partial charge in [0.05, 0.1) is 12.2 Å². The predicted octanol–water partition coefficient (Wildman–Crippen LogP) is 6.28. The zero-order chi connectivity index (χ0) is 18.2. The minimum absolute atomic E-state index is 0.151. The Kier molecular flexibility index (Phi) is 7.51. The molecule has 0 bridgehead atoms. The first-order chi connectivity index (χ1) is 12.0. The zero-order valence-electron chi connectivity index (χ0n) is 15.2. The zero-order valence-corrected chi connectivity index (χ0v) is 16.8. The number of hydrogen-bond donors (Lipinski definition) is 1. The first-order valence-corrected chi connectivity index (χ1v) is 9.62.